The zero-order chi connectivity index (χ0) is 10.7. The third kappa shape index (κ3) is 2.80. The van der Waals surface area contributed by atoms with Gasteiger partial charge < -0.3 is 4.90 Å². The summed E-state index contributed by atoms with van der Waals surface area (Å²) in [5.74, 6) is 0.122. The fraction of sp³-hybridized carbons (Fsp3) is 0.800. The topological polar surface area (TPSA) is 40.6 Å². The van der Waals surface area contributed by atoms with Crippen LogP contribution >= 0.6 is 0 Å². The van der Waals surface area contributed by atoms with Crippen LogP contribution in [-0.4, -0.2) is 53.7 Å². The van der Waals surface area contributed by atoms with Gasteiger partial charge in [-0.25, -0.2) is 0 Å². The molecule has 1 saturated heterocycles. The van der Waals surface area contributed by atoms with Crippen molar-refractivity contribution in [3.05, 3.63) is 0 Å². The molecule has 1 aliphatic rings. The average molecular weight is 198 g/mol. The standard InChI is InChI=1S/C10H18N2O2/c1-8(2)11-4-5-12(6-9(3)13)10(14)7-11/h8H,4-7H2,1-3H3. The van der Waals surface area contributed by atoms with Gasteiger partial charge in [0.15, 0.2) is 0 Å². The lowest BCUT2D eigenvalue weighted by molar-refractivity contribution is -0.139. The lowest BCUT2D eigenvalue weighted by atomic mass is 10.2. The van der Waals surface area contributed by atoms with Crippen molar-refractivity contribution >= 4 is 11.7 Å². The molecule has 0 aromatic rings. The van der Waals surface area contributed by atoms with Gasteiger partial charge in [-0.2, -0.15) is 0 Å². The van der Waals surface area contributed by atoms with Gasteiger partial charge in [0.25, 0.3) is 0 Å². The van der Waals surface area contributed by atoms with Crippen LogP contribution in [0.1, 0.15) is 20.8 Å². The van der Waals surface area contributed by atoms with Crippen molar-refractivity contribution in [3.8, 4) is 0 Å². The molecule has 0 saturated carbocycles. The van der Waals surface area contributed by atoms with Crippen molar-refractivity contribution in [2.75, 3.05) is 26.2 Å². The minimum absolute atomic E-state index is 0.0522. The van der Waals surface area contributed by atoms with Crippen LogP contribution in [0.4, 0.5) is 0 Å². The van der Waals surface area contributed by atoms with E-state index in [0.717, 1.165) is 6.54 Å². The van der Waals surface area contributed by atoms with Crippen molar-refractivity contribution in [1.82, 2.24) is 9.80 Å². The first kappa shape index (κ1) is 11.2. The third-order valence-corrected chi connectivity index (χ3v) is 2.49. The fourth-order valence-corrected chi connectivity index (χ4v) is 1.60. The Morgan fingerprint density at radius 3 is 2.50 bits per heavy atom. The Labute approximate surface area is 84.9 Å². The van der Waals surface area contributed by atoms with Gasteiger partial charge in [-0.15, -0.1) is 0 Å². The first-order chi connectivity index (χ1) is 6.50. The monoisotopic (exact) mass is 198 g/mol. The van der Waals surface area contributed by atoms with Crippen molar-refractivity contribution in [2.45, 2.75) is 26.8 Å². The molecule has 1 heterocycles. The zero-order valence-electron chi connectivity index (χ0n) is 9.12. The van der Waals surface area contributed by atoms with E-state index in [1.807, 2.05) is 0 Å². The summed E-state index contributed by atoms with van der Waals surface area (Å²) >= 11 is 0. The largest absolute Gasteiger partial charge is 0.333 e. The minimum Gasteiger partial charge on any atom is -0.333 e. The fourth-order valence-electron chi connectivity index (χ4n) is 1.60. The molecule has 1 aliphatic heterocycles. The zero-order valence-corrected chi connectivity index (χ0v) is 9.12. The van der Waals surface area contributed by atoms with E-state index in [4.69, 9.17) is 0 Å². The van der Waals surface area contributed by atoms with Gasteiger partial charge in [0.2, 0.25) is 5.91 Å². The summed E-state index contributed by atoms with van der Waals surface area (Å²) < 4.78 is 0. The average Bonchev–Trinajstić information content (AvgIpc) is 2.07. The highest BCUT2D eigenvalue weighted by atomic mass is 16.2. The number of ketones is 1. The van der Waals surface area contributed by atoms with Crippen molar-refractivity contribution in [2.24, 2.45) is 0 Å². The van der Waals surface area contributed by atoms with Gasteiger partial charge in [-0.1, -0.05) is 0 Å². The second-order valence-corrected chi connectivity index (χ2v) is 4.08. The second-order valence-electron chi connectivity index (χ2n) is 4.08. The van der Waals surface area contributed by atoms with Crippen LogP contribution in [0.5, 0.6) is 0 Å². The van der Waals surface area contributed by atoms with E-state index in [1.54, 1.807) is 4.90 Å². The molecule has 0 aromatic carbocycles. The Balaban J connectivity index is 2.48. The number of Topliss-reactive ketones (excluding diaryl/α,β-unsaturated/α-hetero) is 1. The number of nitrogens with zero attached hydrogens (tertiary/aromatic N) is 2. The molecule has 80 valence electrons. The molecular weight excluding hydrogens is 180 g/mol. The molecule has 4 nitrogen and oxygen atoms in total. The first-order valence-electron chi connectivity index (χ1n) is 5.02. The SMILES string of the molecule is CC(=O)CN1CCN(C(C)C)CC1=O. The van der Waals surface area contributed by atoms with Gasteiger partial charge in [0.05, 0.1) is 13.1 Å². The summed E-state index contributed by atoms with van der Waals surface area (Å²) in [6, 6.07) is 0.401. The molecule has 0 radical (unpaired) electrons. The van der Waals surface area contributed by atoms with Gasteiger partial charge in [0.1, 0.15) is 5.78 Å². The number of carbonyl (C=O) groups excluding carboxylic acids is 2. The van der Waals surface area contributed by atoms with Crippen LogP contribution in [0.2, 0.25) is 0 Å². The minimum atomic E-state index is 0.0522. The molecule has 0 N–H and O–H groups in total. The van der Waals surface area contributed by atoms with E-state index in [-0.39, 0.29) is 18.2 Å². The maximum Gasteiger partial charge on any atom is 0.237 e. The smallest absolute Gasteiger partial charge is 0.237 e. The highest BCUT2D eigenvalue weighted by Gasteiger charge is 2.25. The van der Waals surface area contributed by atoms with Crippen LogP contribution in [0.25, 0.3) is 0 Å². The van der Waals surface area contributed by atoms with Crippen molar-refractivity contribution in [3.63, 3.8) is 0 Å². The summed E-state index contributed by atoms with van der Waals surface area (Å²) in [6.45, 7) is 7.94. The van der Waals surface area contributed by atoms with Crippen molar-refractivity contribution in [1.29, 1.82) is 0 Å². The summed E-state index contributed by atoms with van der Waals surface area (Å²) in [5.41, 5.74) is 0. The van der Waals surface area contributed by atoms with E-state index < -0.39 is 0 Å². The summed E-state index contributed by atoms with van der Waals surface area (Å²) in [5, 5.41) is 0. The molecule has 0 unspecified atom stereocenters. The molecule has 0 spiro atoms. The van der Waals surface area contributed by atoms with E-state index >= 15 is 0 Å². The molecule has 0 aromatic heterocycles. The molecule has 0 atom stereocenters. The molecule has 0 aliphatic carbocycles. The van der Waals surface area contributed by atoms with Crippen LogP contribution in [-0.2, 0) is 9.59 Å². The first-order valence-corrected chi connectivity index (χ1v) is 5.02. The van der Waals surface area contributed by atoms with Crippen LogP contribution in [0.15, 0.2) is 0 Å². The number of hydrogen-bond donors (Lipinski definition) is 0. The van der Waals surface area contributed by atoms with E-state index in [1.165, 1.54) is 6.92 Å². The highest BCUT2D eigenvalue weighted by molar-refractivity contribution is 5.86. The molecule has 0 bridgehead atoms. The number of hydrogen-bond acceptors (Lipinski definition) is 3. The van der Waals surface area contributed by atoms with Gasteiger partial charge in [-0.3, -0.25) is 14.5 Å². The Bertz CT molecular complexity index is 238. The number of rotatable bonds is 3. The van der Waals surface area contributed by atoms with Crippen LogP contribution in [0.3, 0.4) is 0 Å². The summed E-state index contributed by atoms with van der Waals surface area (Å²) in [6.07, 6.45) is 0. The molecule has 1 amide bonds. The third-order valence-electron chi connectivity index (χ3n) is 2.49. The lowest BCUT2D eigenvalue weighted by Gasteiger charge is -2.35. The number of amides is 1. The molecule has 14 heavy (non-hydrogen) atoms. The van der Waals surface area contributed by atoms with Crippen LogP contribution < -0.4 is 0 Å². The van der Waals surface area contributed by atoms with E-state index in [9.17, 15) is 9.59 Å². The lowest BCUT2D eigenvalue weighted by Crippen LogP contribution is -2.53. The Morgan fingerprint density at radius 1 is 1.43 bits per heavy atom. The summed E-state index contributed by atoms with van der Waals surface area (Å²) in [7, 11) is 0. The normalized spacial score (nSPS) is 19.1. The van der Waals surface area contributed by atoms with Crippen LogP contribution in [0, 0.1) is 0 Å². The van der Waals surface area contributed by atoms with Gasteiger partial charge in [-0.05, 0) is 20.8 Å². The second kappa shape index (κ2) is 4.55. The molecular formula is C10H18N2O2. The maximum absolute atomic E-state index is 11.6. The maximum atomic E-state index is 11.6. The Morgan fingerprint density at radius 2 is 2.07 bits per heavy atom. The van der Waals surface area contributed by atoms with E-state index in [2.05, 4.69) is 18.7 Å². The Kier molecular flexibility index (Phi) is 3.63. The summed E-state index contributed by atoms with van der Waals surface area (Å²) in [4.78, 5) is 26.2. The number of carbonyl (C=O) groups is 2. The van der Waals surface area contributed by atoms with E-state index in [0.29, 0.717) is 19.1 Å². The van der Waals surface area contributed by atoms with Gasteiger partial charge >= 0.3 is 0 Å². The molecule has 1 rings (SSSR count). The molecule has 1 fully saturated rings. The Hall–Kier alpha value is -0.900. The van der Waals surface area contributed by atoms with Gasteiger partial charge in [0, 0.05) is 19.1 Å². The quantitative estimate of drug-likeness (QED) is 0.647. The van der Waals surface area contributed by atoms with Crippen molar-refractivity contribution < 1.29 is 9.59 Å². The number of piperazine rings is 1. The predicted octanol–water partition coefficient (Wildman–Crippen LogP) is 0.128. The predicted molar refractivity (Wildman–Crippen MR) is 54.0 cm³/mol. The molecule has 4 heteroatoms. The highest BCUT2D eigenvalue weighted by Crippen LogP contribution is 2.06.